The summed E-state index contributed by atoms with van der Waals surface area (Å²) in [5, 5.41) is 7.01. The first-order valence-electron chi connectivity index (χ1n) is 5.72. The van der Waals surface area contributed by atoms with Crippen LogP contribution in [0.4, 0.5) is 0 Å². The highest BCUT2D eigenvalue weighted by atomic mass is 32.2. The first-order valence-corrected chi connectivity index (χ1v) is 7.20. The largest absolute Gasteiger partial charge is 0.318 e. The molecule has 1 fully saturated rings. The first-order chi connectivity index (χ1) is 8.03. The summed E-state index contributed by atoms with van der Waals surface area (Å²) < 4.78 is 28.2. The van der Waals surface area contributed by atoms with Crippen LogP contribution < -0.4 is 10.0 Å². The van der Waals surface area contributed by atoms with Gasteiger partial charge in [-0.25, -0.2) is 13.1 Å². The summed E-state index contributed by atoms with van der Waals surface area (Å²) in [4.78, 5) is 0.243. The molecule has 96 valence electrons. The van der Waals surface area contributed by atoms with Crippen molar-refractivity contribution in [1.29, 1.82) is 0 Å². The predicted molar refractivity (Wildman–Crippen MR) is 64.0 cm³/mol. The van der Waals surface area contributed by atoms with Crippen LogP contribution in [0.3, 0.4) is 0 Å². The monoisotopic (exact) mass is 258 g/mol. The number of hydrogen-bond donors (Lipinski definition) is 2. The Bertz CT molecular complexity index is 482. The molecule has 1 aliphatic carbocycles. The van der Waals surface area contributed by atoms with E-state index in [1.807, 2.05) is 14.0 Å². The molecule has 0 radical (unpaired) electrons. The van der Waals surface area contributed by atoms with Gasteiger partial charge in [0.15, 0.2) is 0 Å². The summed E-state index contributed by atoms with van der Waals surface area (Å²) in [5.41, 5.74) is 0. The second kappa shape index (κ2) is 4.75. The zero-order valence-electron chi connectivity index (χ0n) is 10.0. The highest BCUT2D eigenvalue weighted by molar-refractivity contribution is 7.89. The Kier molecular flexibility index (Phi) is 3.50. The van der Waals surface area contributed by atoms with Crippen LogP contribution >= 0.6 is 0 Å². The Labute approximate surface area is 101 Å². The van der Waals surface area contributed by atoms with Gasteiger partial charge < -0.3 is 5.32 Å². The molecule has 1 heterocycles. The van der Waals surface area contributed by atoms with Gasteiger partial charge in [-0.2, -0.15) is 5.10 Å². The SMILES string of the molecule is CNCCn1cc(S(=O)(=O)NC2CC2C)cn1. The third kappa shape index (κ3) is 3.05. The van der Waals surface area contributed by atoms with Crippen molar-refractivity contribution in [2.45, 2.75) is 30.8 Å². The van der Waals surface area contributed by atoms with Crippen molar-refractivity contribution in [1.82, 2.24) is 19.8 Å². The van der Waals surface area contributed by atoms with Crippen molar-refractivity contribution >= 4 is 10.0 Å². The highest BCUT2D eigenvalue weighted by Gasteiger charge is 2.36. The molecule has 17 heavy (non-hydrogen) atoms. The van der Waals surface area contributed by atoms with Gasteiger partial charge >= 0.3 is 0 Å². The molecular formula is C10H18N4O2S. The number of sulfonamides is 1. The van der Waals surface area contributed by atoms with E-state index in [9.17, 15) is 8.42 Å². The summed E-state index contributed by atoms with van der Waals surface area (Å²) in [7, 11) is -1.54. The van der Waals surface area contributed by atoms with Crippen LogP contribution in [0, 0.1) is 5.92 Å². The van der Waals surface area contributed by atoms with E-state index in [1.165, 1.54) is 6.20 Å². The van der Waals surface area contributed by atoms with E-state index in [2.05, 4.69) is 15.1 Å². The quantitative estimate of drug-likeness (QED) is 0.740. The van der Waals surface area contributed by atoms with Gasteiger partial charge in [-0.15, -0.1) is 0 Å². The van der Waals surface area contributed by atoms with Crippen LogP contribution in [-0.2, 0) is 16.6 Å². The Morgan fingerprint density at radius 2 is 2.29 bits per heavy atom. The van der Waals surface area contributed by atoms with Crippen molar-refractivity contribution in [3.05, 3.63) is 12.4 Å². The molecule has 7 heteroatoms. The maximum absolute atomic E-state index is 11.9. The second-order valence-electron chi connectivity index (χ2n) is 4.48. The lowest BCUT2D eigenvalue weighted by molar-refractivity contribution is 0.574. The average molecular weight is 258 g/mol. The molecule has 2 rings (SSSR count). The van der Waals surface area contributed by atoms with E-state index >= 15 is 0 Å². The molecule has 1 aromatic heterocycles. The number of rotatable bonds is 6. The number of likely N-dealkylation sites (N-methyl/N-ethyl adjacent to an activating group) is 1. The van der Waals surface area contributed by atoms with Crippen LogP contribution in [0.1, 0.15) is 13.3 Å². The number of nitrogens with one attached hydrogen (secondary N) is 2. The fraction of sp³-hybridized carbons (Fsp3) is 0.700. The lowest BCUT2D eigenvalue weighted by Crippen LogP contribution is -2.26. The van der Waals surface area contributed by atoms with Crippen LogP contribution in [0.25, 0.3) is 0 Å². The third-order valence-electron chi connectivity index (χ3n) is 2.93. The molecule has 2 unspecified atom stereocenters. The van der Waals surface area contributed by atoms with Crippen molar-refractivity contribution in [3.8, 4) is 0 Å². The molecule has 0 saturated heterocycles. The molecule has 0 amide bonds. The zero-order chi connectivity index (χ0) is 12.5. The predicted octanol–water partition coefficient (Wildman–Crippen LogP) is -0.211. The van der Waals surface area contributed by atoms with Crippen molar-refractivity contribution in [2.24, 2.45) is 5.92 Å². The van der Waals surface area contributed by atoms with E-state index in [0.29, 0.717) is 12.5 Å². The standard InChI is InChI=1S/C10H18N4O2S/c1-8-5-10(8)13-17(15,16)9-6-12-14(7-9)4-3-11-2/h6-8,10-11,13H,3-5H2,1-2H3. The van der Waals surface area contributed by atoms with Gasteiger partial charge in [-0.1, -0.05) is 6.92 Å². The number of hydrogen-bond acceptors (Lipinski definition) is 4. The summed E-state index contributed by atoms with van der Waals surface area (Å²) in [5.74, 6) is 0.448. The Balaban J connectivity index is 2.02. The zero-order valence-corrected chi connectivity index (χ0v) is 10.9. The summed E-state index contributed by atoms with van der Waals surface area (Å²) in [6.45, 7) is 3.45. The van der Waals surface area contributed by atoms with Gasteiger partial charge in [0, 0.05) is 18.8 Å². The topological polar surface area (TPSA) is 76.0 Å². The smallest absolute Gasteiger partial charge is 0.243 e. The van der Waals surface area contributed by atoms with E-state index in [-0.39, 0.29) is 10.9 Å². The molecule has 0 bridgehead atoms. The van der Waals surface area contributed by atoms with E-state index in [1.54, 1.807) is 10.9 Å². The Morgan fingerprint density at radius 1 is 1.59 bits per heavy atom. The Morgan fingerprint density at radius 3 is 2.88 bits per heavy atom. The van der Waals surface area contributed by atoms with Gasteiger partial charge in [0.05, 0.1) is 12.7 Å². The van der Waals surface area contributed by atoms with Crippen molar-refractivity contribution < 1.29 is 8.42 Å². The van der Waals surface area contributed by atoms with E-state index in [4.69, 9.17) is 0 Å². The third-order valence-corrected chi connectivity index (χ3v) is 4.37. The van der Waals surface area contributed by atoms with Gasteiger partial charge in [0.25, 0.3) is 0 Å². The molecule has 1 aromatic rings. The fourth-order valence-electron chi connectivity index (χ4n) is 1.59. The molecule has 6 nitrogen and oxygen atoms in total. The molecule has 0 aromatic carbocycles. The molecule has 0 aliphatic heterocycles. The molecule has 0 spiro atoms. The van der Waals surface area contributed by atoms with Gasteiger partial charge in [-0.05, 0) is 19.4 Å². The van der Waals surface area contributed by atoms with Gasteiger partial charge in [0.2, 0.25) is 10.0 Å². The molecular weight excluding hydrogens is 240 g/mol. The van der Waals surface area contributed by atoms with Gasteiger partial charge in [-0.3, -0.25) is 4.68 Å². The van der Waals surface area contributed by atoms with Crippen LogP contribution in [0.2, 0.25) is 0 Å². The van der Waals surface area contributed by atoms with Gasteiger partial charge in [0.1, 0.15) is 4.90 Å². The fourth-order valence-corrected chi connectivity index (χ4v) is 2.90. The minimum Gasteiger partial charge on any atom is -0.318 e. The number of aromatic nitrogens is 2. The van der Waals surface area contributed by atoms with Crippen LogP contribution in [0.15, 0.2) is 17.3 Å². The second-order valence-corrected chi connectivity index (χ2v) is 6.20. The number of nitrogens with zero attached hydrogens (tertiary/aromatic N) is 2. The Hall–Kier alpha value is -0.920. The van der Waals surface area contributed by atoms with Crippen molar-refractivity contribution in [2.75, 3.05) is 13.6 Å². The molecule has 2 atom stereocenters. The van der Waals surface area contributed by atoms with E-state index < -0.39 is 10.0 Å². The summed E-state index contributed by atoms with van der Waals surface area (Å²) >= 11 is 0. The minimum absolute atomic E-state index is 0.0978. The van der Waals surface area contributed by atoms with Crippen LogP contribution in [0.5, 0.6) is 0 Å². The molecule has 1 aliphatic rings. The molecule has 2 N–H and O–H groups in total. The minimum atomic E-state index is -3.39. The maximum Gasteiger partial charge on any atom is 0.243 e. The lowest BCUT2D eigenvalue weighted by Gasteiger charge is -2.02. The van der Waals surface area contributed by atoms with Crippen molar-refractivity contribution in [3.63, 3.8) is 0 Å². The maximum atomic E-state index is 11.9. The summed E-state index contributed by atoms with van der Waals surface area (Å²) in [6.07, 6.45) is 3.88. The lowest BCUT2D eigenvalue weighted by atomic mass is 10.5. The molecule has 1 saturated carbocycles. The summed E-state index contributed by atoms with van der Waals surface area (Å²) in [6, 6.07) is 0.0978. The normalized spacial score (nSPS) is 23.9. The first kappa shape index (κ1) is 12.5. The average Bonchev–Trinajstić information content (AvgIpc) is 2.81. The van der Waals surface area contributed by atoms with Crippen LogP contribution in [-0.4, -0.2) is 37.8 Å². The highest BCUT2D eigenvalue weighted by Crippen LogP contribution is 2.30. The van der Waals surface area contributed by atoms with E-state index in [0.717, 1.165) is 13.0 Å².